The maximum absolute atomic E-state index is 13.1. The molecule has 0 saturated carbocycles. The number of nitrogens with zero attached hydrogens (tertiary/aromatic N) is 1. The number of hydrogen-bond donors (Lipinski definition) is 4. The molecule has 0 spiro atoms. The maximum Gasteiger partial charge on any atom is 0.326 e. The van der Waals surface area contributed by atoms with Crippen LogP contribution in [0.25, 0.3) is 0 Å². The Morgan fingerprint density at radius 2 is 1.34 bits per heavy atom. The summed E-state index contributed by atoms with van der Waals surface area (Å²) in [5, 5.41) is 18.3. The average Bonchev–Trinajstić information content (AvgIpc) is 2.87. The average molecular weight is 475 g/mol. The molecule has 2 aromatic carbocycles. The third-order valence-electron chi connectivity index (χ3n) is 5.42. The summed E-state index contributed by atoms with van der Waals surface area (Å²) in [5.41, 5.74) is 2.58. The third-order valence-corrected chi connectivity index (χ3v) is 5.42. The Labute approximate surface area is 204 Å². The normalized spacial score (nSPS) is 12.2. The number of anilines is 1. The van der Waals surface area contributed by atoms with Gasteiger partial charge >= 0.3 is 5.97 Å². The van der Waals surface area contributed by atoms with Crippen LogP contribution in [0.15, 0.2) is 85.2 Å². The summed E-state index contributed by atoms with van der Waals surface area (Å²) in [7, 11) is 0. The lowest BCUT2D eigenvalue weighted by atomic mass is 10.0. The molecule has 8 heteroatoms. The second kappa shape index (κ2) is 13.5. The SMILES string of the molecule is O=C(CCCNc1ccncc1)N[C@@H](Cc1ccccc1)C(=O)N[C@@H](Cc1ccccc1)C(=O)O. The Hall–Kier alpha value is -4.20. The molecule has 0 aliphatic rings. The Morgan fingerprint density at radius 3 is 1.91 bits per heavy atom. The van der Waals surface area contributed by atoms with Gasteiger partial charge in [-0.2, -0.15) is 0 Å². The Bertz CT molecular complexity index is 1080. The quantitative estimate of drug-likeness (QED) is 0.283. The number of pyridine rings is 1. The zero-order chi connectivity index (χ0) is 24.9. The molecule has 4 N–H and O–H groups in total. The van der Waals surface area contributed by atoms with Crippen molar-refractivity contribution in [1.82, 2.24) is 15.6 Å². The molecule has 2 amide bonds. The van der Waals surface area contributed by atoms with Crippen molar-refractivity contribution in [2.24, 2.45) is 0 Å². The molecule has 3 rings (SSSR count). The number of nitrogens with one attached hydrogen (secondary N) is 3. The smallest absolute Gasteiger partial charge is 0.326 e. The second-order valence-corrected chi connectivity index (χ2v) is 8.17. The van der Waals surface area contributed by atoms with Gasteiger partial charge in [0, 0.05) is 43.9 Å². The molecular formula is C27H30N4O4. The minimum absolute atomic E-state index is 0.147. The van der Waals surface area contributed by atoms with E-state index in [2.05, 4.69) is 20.9 Å². The van der Waals surface area contributed by atoms with Gasteiger partial charge in [-0.25, -0.2) is 4.79 Å². The molecule has 1 aromatic heterocycles. The molecule has 2 atom stereocenters. The monoisotopic (exact) mass is 474 g/mol. The first-order valence-corrected chi connectivity index (χ1v) is 11.6. The van der Waals surface area contributed by atoms with Gasteiger partial charge in [0.15, 0.2) is 0 Å². The van der Waals surface area contributed by atoms with E-state index < -0.39 is 24.0 Å². The second-order valence-electron chi connectivity index (χ2n) is 8.17. The molecule has 0 aliphatic heterocycles. The predicted octanol–water partition coefficient (Wildman–Crippen LogP) is 2.81. The van der Waals surface area contributed by atoms with Crippen LogP contribution in [0, 0.1) is 0 Å². The van der Waals surface area contributed by atoms with E-state index >= 15 is 0 Å². The van der Waals surface area contributed by atoms with Crippen LogP contribution in [0.1, 0.15) is 24.0 Å². The standard InChI is InChI=1S/C27H30N4O4/c32-25(12-7-15-29-22-13-16-28-17-14-22)30-23(18-20-8-3-1-4-9-20)26(33)31-24(27(34)35)19-21-10-5-2-6-11-21/h1-6,8-11,13-14,16-17,23-24H,7,12,15,18-19H2,(H,28,29)(H,30,32)(H,31,33)(H,34,35)/t23-,24-/m0/s1. The highest BCUT2D eigenvalue weighted by molar-refractivity contribution is 5.90. The van der Waals surface area contributed by atoms with Crippen molar-refractivity contribution in [3.8, 4) is 0 Å². The first-order chi connectivity index (χ1) is 17.0. The fourth-order valence-electron chi connectivity index (χ4n) is 3.60. The van der Waals surface area contributed by atoms with Gasteiger partial charge < -0.3 is 21.1 Å². The fourth-order valence-corrected chi connectivity index (χ4v) is 3.60. The molecule has 8 nitrogen and oxygen atoms in total. The van der Waals surface area contributed by atoms with Crippen LogP contribution >= 0.6 is 0 Å². The van der Waals surface area contributed by atoms with E-state index in [9.17, 15) is 19.5 Å². The van der Waals surface area contributed by atoms with Crippen molar-refractivity contribution in [2.45, 2.75) is 37.8 Å². The van der Waals surface area contributed by atoms with E-state index in [-0.39, 0.29) is 25.2 Å². The van der Waals surface area contributed by atoms with E-state index in [1.54, 1.807) is 12.4 Å². The van der Waals surface area contributed by atoms with Crippen molar-refractivity contribution >= 4 is 23.5 Å². The highest BCUT2D eigenvalue weighted by Crippen LogP contribution is 2.08. The van der Waals surface area contributed by atoms with Gasteiger partial charge in [0.1, 0.15) is 12.1 Å². The molecule has 35 heavy (non-hydrogen) atoms. The molecule has 1 heterocycles. The first-order valence-electron chi connectivity index (χ1n) is 11.6. The molecule has 182 valence electrons. The molecule has 0 fully saturated rings. The van der Waals surface area contributed by atoms with Crippen LogP contribution in [0.4, 0.5) is 5.69 Å². The van der Waals surface area contributed by atoms with Gasteiger partial charge in [0.2, 0.25) is 11.8 Å². The number of hydrogen-bond acceptors (Lipinski definition) is 5. The fraction of sp³-hybridized carbons (Fsp3) is 0.259. The number of carboxylic acid groups (broad SMARTS) is 1. The maximum atomic E-state index is 13.1. The van der Waals surface area contributed by atoms with Crippen LogP contribution in [-0.4, -0.2) is 46.5 Å². The Morgan fingerprint density at radius 1 is 0.771 bits per heavy atom. The summed E-state index contributed by atoms with van der Waals surface area (Å²) in [6.45, 7) is 0.588. The van der Waals surface area contributed by atoms with Crippen molar-refractivity contribution in [3.05, 3.63) is 96.3 Å². The summed E-state index contributed by atoms with van der Waals surface area (Å²) in [5.74, 6) is -1.93. The minimum atomic E-state index is -1.13. The predicted molar refractivity (Wildman–Crippen MR) is 134 cm³/mol. The molecule has 0 saturated heterocycles. The van der Waals surface area contributed by atoms with Gasteiger partial charge in [-0.05, 0) is 29.7 Å². The number of carbonyl (C=O) groups is 3. The largest absolute Gasteiger partial charge is 0.480 e. The van der Waals surface area contributed by atoms with Gasteiger partial charge in [0.25, 0.3) is 0 Å². The van der Waals surface area contributed by atoms with Crippen LogP contribution in [0.2, 0.25) is 0 Å². The highest BCUT2D eigenvalue weighted by Gasteiger charge is 2.27. The number of amides is 2. The van der Waals surface area contributed by atoms with E-state index in [4.69, 9.17) is 0 Å². The Kier molecular flexibility index (Phi) is 9.80. The molecule has 0 aliphatic carbocycles. The van der Waals surface area contributed by atoms with Gasteiger partial charge in [0.05, 0.1) is 0 Å². The topological polar surface area (TPSA) is 120 Å². The van der Waals surface area contributed by atoms with Gasteiger partial charge in [-0.15, -0.1) is 0 Å². The van der Waals surface area contributed by atoms with Crippen LogP contribution in [-0.2, 0) is 27.2 Å². The van der Waals surface area contributed by atoms with Crippen molar-refractivity contribution in [1.29, 1.82) is 0 Å². The lowest BCUT2D eigenvalue weighted by Crippen LogP contribution is -2.53. The van der Waals surface area contributed by atoms with Crippen LogP contribution in [0.3, 0.4) is 0 Å². The third kappa shape index (κ3) is 8.92. The first kappa shape index (κ1) is 25.4. The number of carbonyl (C=O) groups excluding carboxylic acids is 2. The van der Waals surface area contributed by atoms with Gasteiger partial charge in [-0.1, -0.05) is 60.7 Å². The lowest BCUT2D eigenvalue weighted by molar-refractivity contribution is -0.142. The number of rotatable bonds is 13. The van der Waals surface area contributed by atoms with E-state index in [1.165, 1.54) is 0 Å². The molecule has 0 radical (unpaired) electrons. The van der Waals surface area contributed by atoms with E-state index in [0.29, 0.717) is 13.0 Å². The van der Waals surface area contributed by atoms with E-state index in [0.717, 1.165) is 16.8 Å². The zero-order valence-electron chi connectivity index (χ0n) is 19.4. The highest BCUT2D eigenvalue weighted by atomic mass is 16.4. The summed E-state index contributed by atoms with van der Waals surface area (Å²) < 4.78 is 0. The lowest BCUT2D eigenvalue weighted by Gasteiger charge is -2.22. The van der Waals surface area contributed by atoms with Crippen LogP contribution < -0.4 is 16.0 Å². The zero-order valence-corrected chi connectivity index (χ0v) is 19.4. The van der Waals surface area contributed by atoms with Crippen molar-refractivity contribution in [2.75, 3.05) is 11.9 Å². The molecular weight excluding hydrogens is 444 g/mol. The minimum Gasteiger partial charge on any atom is -0.480 e. The summed E-state index contributed by atoms with van der Waals surface area (Å²) in [4.78, 5) is 41.5. The molecule has 0 bridgehead atoms. The van der Waals surface area contributed by atoms with Gasteiger partial charge in [-0.3, -0.25) is 14.6 Å². The molecule has 3 aromatic rings. The number of aliphatic carboxylic acids is 1. The van der Waals surface area contributed by atoms with E-state index in [1.807, 2.05) is 72.8 Å². The van der Waals surface area contributed by atoms with Crippen molar-refractivity contribution < 1.29 is 19.5 Å². The summed E-state index contributed by atoms with van der Waals surface area (Å²) in [6.07, 6.45) is 4.57. The number of aromatic nitrogens is 1. The Balaban J connectivity index is 1.59. The number of carboxylic acids is 1. The van der Waals surface area contributed by atoms with Crippen molar-refractivity contribution in [3.63, 3.8) is 0 Å². The molecule has 0 unspecified atom stereocenters. The number of benzene rings is 2. The van der Waals surface area contributed by atoms with Crippen LogP contribution in [0.5, 0.6) is 0 Å². The summed E-state index contributed by atoms with van der Waals surface area (Å²) in [6, 6.07) is 20.1. The summed E-state index contributed by atoms with van der Waals surface area (Å²) >= 11 is 0.